The second kappa shape index (κ2) is 8.38. The van der Waals surface area contributed by atoms with Crippen LogP contribution in [0.4, 0.5) is 0 Å². The number of nitrogens with one attached hydrogen (secondary N) is 1. The van der Waals surface area contributed by atoms with Crippen molar-refractivity contribution in [2.45, 2.75) is 73.3 Å². The average Bonchev–Trinajstić information content (AvgIpc) is 2.36. The average molecular weight is 284 g/mol. The van der Waals surface area contributed by atoms with Gasteiger partial charge in [0.05, 0.1) is 12.7 Å². The number of hydrogen-bond acceptors (Lipinski definition) is 2. The first-order valence-corrected chi connectivity index (χ1v) is 8.66. The maximum atomic E-state index is 5.95. The summed E-state index contributed by atoms with van der Waals surface area (Å²) >= 11 is 0. The molecule has 0 aliphatic heterocycles. The zero-order valence-electron chi connectivity index (χ0n) is 14.7. The van der Waals surface area contributed by atoms with Gasteiger partial charge in [-0.25, -0.2) is 0 Å². The first-order chi connectivity index (χ1) is 9.34. The molecule has 3 atom stereocenters. The zero-order chi connectivity index (χ0) is 15.2. The lowest BCUT2D eigenvalue weighted by atomic mass is 9.65. The third kappa shape index (κ3) is 6.13. The lowest BCUT2D eigenvalue weighted by Crippen LogP contribution is -2.39. The van der Waals surface area contributed by atoms with Crippen LogP contribution in [0.2, 0.25) is 0 Å². The molecule has 0 aromatic rings. The molecule has 1 rings (SSSR count). The standard InChI is InChI=1S/C18H37NO/c1-7-10-19-12-15-8-9-17(18(4,5)6)11-16(15)13-20-14(2)3/h14-17,19H,7-13H2,1-6H3. The van der Waals surface area contributed by atoms with Gasteiger partial charge in [0.1, 0.15) is 0 Å². The number of rotatable bonds is 7. The van der Waals surface area contributed by atoms with Crippen LogP contribution in [0.3, 0.4) is 0 Å². The van der Waals surface area contributed by atoms with Crippen LogP contribution in [0.25, 0.3) is 0 Å². The van der Waals surface area contributed by atoms with E-state index in [1.165, 1.54) is 32.2 Å². The van der Waals surface area contributed by atoms with Crippen LogP contribution < -0.4 is 5.32 Å². The van der Waals surface area contributed by atoms with Crippen molar-refractivity contribution in [3.8, 4) is 0 Å². The Morgan fingerprint density at radius 1 is 1.15 bits per heavy atom. The van der Waals surface area contributed by atoms with Crippen LogP contribution in [0, 0.1) is 23.2 Å². The van der Waals surface area contributed by atoms with Crippen molar-refractivity contribution in [3.05, 3.63) is 0 Å². The van der Waals surface area contributed by atoms with Crippen LogP contribution in [-0.2, 0) is 4.74 Å². The molecular formula is C18H37NO. The van der Waals surface area contributed by atoms with Crippen molar-refractivity contribution in [3.63, 3.8) is 0 Å². The molecule has 0 heterocycles. The first kappa shape index (κ1) is 18.0. The molecule has 0 aromatic carbocycles. The summed E-state index contributed by atoms with van der Waals surface area (Å²) in [5.74, 6) is 2.39. The molecule has 1 N–H and O–H groups in total. The molecular weight excluding hydrogens is 246 g/mol. The third-order valence-corrected chi connectivity index (χ3v) is 4.84. The lowest BCUT2D eigenvalue weighted by molar-refractivity contribution is -0.00173. The molecule has 0 saturated heterocycles. The minimum Gasteiger partial charge on any atom is -0.378 e. The van der Waals surface area contributed by atoms with Gasteiger partial charge in [0.25, 0.3) is 0 Å². The SMILES string of the molecule is CCCNCC1CCC(C(C)(C)C)CC1COC(C)C. The molecule has 0 radical (unpaired) electrons. The predicted octanol–water partition coefficient (Wildman–Crippen LogP) is 4.49. The van der Waals surface area contributed by atoms with Crippen molar-refractivity contribution < 1.29 is 4.74 Å². The minimum absolute atomic E-state index is 0.356. The Bertz CT molecular complexity index is 257. The van der Waals surface area contributed by atoms with Gasteiger partial charge >= 0.3 is 0 Å². The molecule has 2 heteroatoms. The minimum atomic E-state index is 0.356. The molecule has 20 heavy (non-hydrogen) atoms. The van der Waals surface area contributed by atoms with Crippen LogP contribution in [0.15, 0.2) is 0 Å². The normalized spacial score (nSPS) is 28.1. The molecule has 1 saturated carbocycles. The van der Waals surface area contributed by atoms with E-state index in [1.807, 2.05) is 0 Å². The van der Waals surface area contributed by atoms with Crippen LogP contribution >= 0.6 is 0 Å². The molecule has 2 nitrogen and oxygen atoms in total. The fraction of sp³-hybridized carbons (Fsp3) is 1.00. The number of ether oxygens (including phenoxy) is 1. The smallest absolute Gasteiger partial charge is 0.0519 e. The molecule has 1 aliphatic carbocycles. The molecule has 0 amide bonds. The van der Waals surface area contributed by atoms with Gasteiger partial charge in [-0.15, -0.1) is 0 Å². The van der Waals surface area contributed by atoms with Gasteiger partial charge < -0.3 is 10.1 Å². The highest BCUT2D eigenvalue weighted by molar-refractivity contribution is 4.86. The van der Waals surface area contributed by atoms with Crippen LogP contribution in [0.5, 0.6) is 0 Å². The van der Waals surface area contributed by atoms with Crippen molar-refractivity contribution in [1.82, 2.24) is 5.32 Å². The highest BCUT2D eigenvalue weighted by Gasteiger charge is 2.35. The summed E-state index contributed by atoms with van der Waals surface area (Å²) in [6.45, 7) is 17.0. The van der Waals surface area contributed by atoms with E-state index < -0.39 is 0 Å². The lowest BCUT2D eigenvalue weighted by Gasteiger charge is -2.42. The summed E-state index contributed by atoms with van der Waals surface area (Å²) in [6.07, 6.45) is 5.68. The Kier molecular flexibility index (Phi) is 7.53. The monoisotopic (exact) mass is 283 g/mol. The quantitative estimate of drug-likeness (QED) is 0.695. The summed E-state index contributed by atoms with van der Waals surface area (Å²) in [6, 6.07) is 0. The maximum absolute atomic E-state index is 5.95. The van der Waals surface area contributed by atoms with Crippen molar-refractivity contribution in [2.24, 2.45) is 23.2 Å². The van der Waals surface area contributed by atoms with E-state index in [1.54, 1.807) is 0 Å². The third-order valence-electron chi connectivity index (χ3n) is 4.84. The van der Waals surface area contributed by atoms with E-state index in [2.05, 4.69) is 46.9 Å². The van der Waals surface area contributed by atoms with E-state index in [-0.39, 0.29) is 0 Å². The van der Waals surface area contributed by atoms with Gasteiger partial charge in [-0.1, -0.05) is 27.7 Å². The number of hydrogen-bond donors (Lipinski definition) is 1. The van der Waals surface area contributed by atoms with Crippen LogP contribution in [-0.4, -0.2) is 25.8 Å². The van der Waals surface area contributed by atoms with Crippen molar-refractivity contribution >= 4 is 0 Å². The Morgan fingerprint density at radius 3 is 2.40 bits per heavy atom. The van der Waals surface area contributed by atoms with Gasteiger partial charge in [-0.3, -0.25) is 0 Å². The van der Waals surface area contributed by atoms with E-state index >= 15 is 0 Å². The van der Waals surface area contributed by atoms with E-state index in [9.17, 15) is 0 Å². The highest BCUT2D eigenvalue weighted by atomic mass is 16.5. The van der Waals surface area contributed by atoms with E-state index in [0.717, 1.165) is 30.9 Å². The molecule has 3 unspecified atom stereocenters. The van der Waals surface area contributed by atoms with Gasteiger partial charge in [0, 0.05) is 0 Å². The molecule has 0 spiro atoms. The fourth-order valence-electron chi connectivity index (χ4n) is 3.37. The van der Waals surface area contributed by atoms with Gasteiger partial charge in [-0.2, -0.15) is 0 Å². The molecule has 120 valence electrons. The van der Waals surface area contributed by atoms with Crippen molar-refractivity contribution in [2.75, 3.05) is 19.7 Å². The molecule has 0 aromatic heterocycles. The van der Waals surface area contributed by atoms with Gasteiger partial charge in [0.2, 0.25) is 0 Å². The topological polar surface area (TPSA) is 21.3 Å². The summed E-state index contributed by atoms with van der Waals surface area (Å²) in [5.41, 5.74) is 0.442. The van der Waals surface area contributed by atoms with E-state index in [0.29, 0.717) is 11.5 Å². The molecule has 1 fully saturated rings. The Morgan fingerprint density at radius 2 is 1.85 bits per heavy atom. The Labute approximate surface area is 127 Å². The highest BCUT2D eigenvalue weighted by Crippen LogP contribution is 2.42. The maximum Gasteiger partial charge on any atom is 0.0519 e. The van der Waals surface area contributed by atoms with Gasteiger partial charge in [-0.05, 0) is 75.8 Å². The van der Waals surface area contributed by atoms with Crippen molar-refractivity contribution in [1.29, 1.82) is 0 Å². The predicted molar refractivity (Wildman–Crippen MR) is 88.0 cm³/mol. The summed E-state index contributed by atoms with van der Waals surface area (Å²) in [5, 5.41) is 3.62. The summed E-state index contributed by atoms with van der Waals surface area (Å²) in [4.78, 5) is 0. The second-order valence-electron chi connectivity index (χ2n) is 7.98. The Hall–Kier alpha value is -0.0800. The first-order valence-electron chi connectivity index (χ1n) is 8.66. The largest absolute Gasteiger partial charge is 0.378 e. The summed E-state index contributed by atoms with van der Waals surface area (Å²) in [7, 11) is 0. The van der Waals surface area contributed by atoms with Gasteiger partial charge in [0.15, 0.2) is 0 Å². The molecule has 1 aliphatic rings. The second-order valence-corrected chi connectivity index (χ2v) is 7.98. The Balaban J connectivity index is 2.55. The molecule has 0 bridgehead atoms. The summed E-state index contributed by atoms with van der Waals surface area (Å²) < 4.78 is 5.95. The zero-order valence-corrected chi connectivity index (χ0v) is 14.7. The van der Waals surface area contributed by atoms with Crippen LogP contribution in [0.1, 0.15) is 67.2 Å². The van der Waals surface area contributed by atoms with E-state index in [4.69, 9.17) is 4.74 Å². The fourth-order valence-corrected chi connectivity index (χ4v) is 3.37.